The normalized spacial score (nSPS) is 10.3. The van der Waals surface area contributed by atoms with Crippen molar-refractivity contribution in [2.45, 2.75) is 6.92 Å². The van der Waals surface area contributed by atoms with Gasteiger partial charge < -0.3 is 0 Å². The summed E-state index contributed by atoms with van der Waals surface area (Å²) in [6.07, 6.45) is 2.51. The molecule has 0 aliphatic heterocycles. The summed E-state index contributed by atoms with van der Waals surface area (Å²) < 4.78 is 0. The van der Waals surface area contributed by atoms with Crippen LogP contribution in [0.15, 0.2) is 24.4 Å². The molecule has 2 nitrogen and oxygen atoms in total. The van der Waals surface area contributed by atoms with Gasteiger partial charge in [0, 0.05) is 21.7 Å². The fourth-order valence-electron chi connectivity index (χ4n) is 1.37. The van der Waals surface area contributed by atoms with E-state index in [-0.39, 0.29) is 0 Å². The highest BCUT2D eigenvalue weighted by molar-refractivity contribution is 7.14. The number of aromatic nitrogens is 1. The smallest absolute Gasteiger partial charge is 0.160 e. The third kappa shape index (κ3) is 2.08. The van der Waals surface area contributed by atoms with E-state index in [2.05, 4.69) is 4.98 Å². The number of aryl methyl sites for hydroxylation is 1. The molecule has 2 rings (SSSR count). The number of aldehydes is 1. The molecule has 0 bridgehead atoms. The van der Waals surface area contributed by atoms with Crippen molar-refractivity contribution >= 4 is 29.2 Å². The van der Waals surface area contributed by atoms with Crippen LogP contribution in [0.4, 0.5) is 0 Å². The average Bonchev–Trinajstić information content (AvgIpc) is 2.60. The van der Waals surface area contributed by atoms with Gasteiger partial charge in [-0.1, -0.05) is 11.6 Å². The fraction of sp³-hybridized carbons (Fsp3) is 0.0909. The molecule has 0 aliphatic carbocycles. The molecule has 2 aromatic heterocycles. The molecule has 0 saturated carbocycles. The van der Waals surface area contributed by atoms with Gasteiger partial charge in [0.05, 0.1) is 10.6 Å². The third-order valence-corrected chi connectivity index (χ3v) is 3.26. The van der Waals surface area contributed by atoms with E-state index in [9.17, 15) is 4.79 Å². The molecule has 0 saturated heterocycles. The van der Waals surface area contributed by atoms with Crippen molar-refractivity contribution in [2.75, 3.05) is 0 Å². The zero-order valence-corrected chi connectivity index (χ0v) is 9.60. The first-order valence-corrected chi connectivity index (χ1v) is 5.57. The van der Waals surface area contributed by atoms with Crippen molar-refractivity contribution in [2.24, 2.45) is 0 Å². The maximum atomic E-state index is 10.6. The minimum absolute atomic E-state index is 0.651. The summed E-state index contributed by atoms with van der Waals surface area (Å²) in [6.45, 7) is 1.97. The van der Waals surface area contributed by atoms with E-state index in [4.69, 9.17) is 11.6 Å². The van der Waals surface area contributed by atoms with Gasteiger partial charge in [0.15, 0.2) is 6.29 Å². The lowest BCUT2D eigenvalue weighted by molar-refractivity contribution is 0.112. The molecule has 0 amide bonds. The Balaban J connectivity index is 2.53. The van der Waals surface area contributed by atoms with Crippen LogP contribution in [0.5, 0.6) is 0 Å². The lowest BCUT2D eigenvalue weighted by Gasteiger charge is -1.98. The Morgan fingerprint density at radius 1 is 1.47 bits per heavy atom. The molecule has 2 heterocycles. The Labute approximate surface area is 96.5 Å². The topological polar surface area (TPSA) is 30.0 Å². The standard InChI is InChI=1S/C11H8ClNOS/c1-7-10(5-9(6-14)15-7)11-4-8(12)2-3-13-11/h2-6H,1H3. The zero-order chi connectivity index (χ0) is 10.8. The van der Waals surface area contributed by atoms with Gasteiger partial charge in [-0.2, -0.15) is 0 Å². The minimum atomic E-state index is 0.651. The molecule has 0 aromatic carbocycles. The van der Waals surface area contributed by atoms with Gasteiger partial charge in [0.2, 0.25) is 0 Å². The molecule has 15 heavy (non-hydrogen) atoms. The molecule has 0 radical (unpaired) electrons. The first kappa shape index (κ1) is 10.3. The Bertz CT molecular complexity index is 507. The van der Waals surface area contributed by atoms with Crippen molar-refractivity contribution in [1.82, 2.24) is 4.98 Å². The number of nitrogens with zero attached hydrogens (tertiary/aromatic N) is 1. The number of carbonyl (C=O) groups excluding carboxylic acids is 1. The molecule has 0 atom stereocenters. The predicted molar refractivity (Wildman–Crippen MR) is 62.7 cm³/mol. The van der Waals surface area contributed by atoms with Crippen molar-refractivity contribution in [3.05, 3.63) is 39.2 Å². The van der Waals surface area contributed by atoms with Crippen molar-refractivity contribution < 1.29 is 4.79 Å². The average molecular weight is 238 g/mol. The number of thiophene rings is 1. The highest BCUT2D eigenvalue weighted by Gasteiger charge is 2.08. The van der Waals surface area contributed by atoms with Crippen LogP contribution in [0.3, 0.4) is 0 Å². The van der Waals surface area contributed by atoms with E-state index < -0.39 is 0 Å². The quantitative estimate of drug-likeness (QED) is 0.748. The van der Waals surface area contributed by atoms with Crippen LogP contribution in [0, 0.1) is 6.92 Å². The Kier molecular flexibility index (Phi) is 2.84. The molecular weight excluding hydrogens is 230 g/mol. The maximum Gasteiger partial charge on any atom is 0.160 e. The Hall–Kier alpha value is -1.19. The SMILES string of the molecule is Cc1sc(C=O)cc1-c1cc(Cl)ccn1. The van der Waals surface area contributed by atoms with Gasteiger partial charge in [-0.3, -0.25) is 9.78 Å². The van der Waals surface area contributed by atoms with Crippen LogP contribution in [0.1, 0.15) is 14.5 Å². The summed E-state index contributed by atoms with van der Waals surface area (Å²) in [5, 5.41) is 0.651. The van der Waals surface area contributed by atoms with E-state index in [1.165, 1.54) is 11.3 Å². The van der Waals surface area contributed by atoms with Gasteiger partial charge in [0.25, 0.3) is 0 Å². The molecule has 0 unspecified atom stereocenters. The van der Waals surface area contributed by atoms with Gasteiger partial charge in [-0.05, 0) is 25.1 Å². The molecule has 0 aliphatic rings. The monoisotopic (exact) mass is 237 g/mol. The summed E-state index contributed by atoms with van der Waals surface area (Å²) >= 11 is 7.35. The number of carbonyl (C=O) groups is 1. The molecular formula is C11H8ClNOS. The van der Waals surface area contributed by atoms with Gasteiger partial charge in [-0.25, -0.2) is 0 Å². The van der Waals surface area contributed by atoms with Crippen LogP contribution in [0.25, 0.3) is 11.3 Å². The molecule has 76 valence electrons. The fourth-order valence-corrected chi connectivity index (χ4v) is 2.38. The number of rotatable bonds is 2. The first-order valence-electron chi connectivity index (χ1n) is 4.38. The van der Waals surface area contributed by atoms with E-state index in [1.807, 2.05) is 13.0 Å². The van der Waals surface area contributed by atoms with Gasteiger partial charge in [-0.15, -0.1) is 11.3 Å². The summed E-state index contributed by atoms with van der Waals surface area (Å²) in [4.78, 5) is 16.6. The summed E-state index contributed by atoms with van der Waals surface area (Å²) in [7, 11) is 0. The molecule has 0 fully saturated rings. The van der Waals surface area contributed by atoms with Crippen LogP contribution in [-0.2, 0) is 0 Å². The first-order chi connectivity index (χ1) is 7.20. The highest BCUT2D eigenvalue weighted by Crippen LogP contribution is 2.29. The summed E-state index contributed by atoms with van der Waals surface area (Å²) in [6, 6.07) is 5.37. The Morgan fingerprint density at radius 2 is 2.27 bits per heavy atom. The number of pyridine rings is 1. The van der Waals surface area contributed by atoms with Crippen LogP contribution >= 0.6 is 22.9 Å². The molecule has 0 N–H and O–H groups in total. The minimum Gasteiger partial charge on any atom is -0.297 e. The van der Waals surface area contributed by atoms with Crippen molar-refractivity contribution in [3.63, 3.8) is 0 Å². The summed E-state index contributed by atoms with van der Waals surface area (Å²) in [5.41, 5.74) is 1.79. The maximum absolute atomic E-state index is 10.6. The van der Waals surface area contributed by atoms with Gasteiger partial charge in [0.1, 0.15) is 0 Å². The van der Waals surface area contributed by atoms with E-state index >= 15 is 0 Å². The van der Waals surface area contributed by atoms with E-state index in [0.717, 1.165) is 22.4 Å². The van der Waals surface area contributed by atoms with E-state index in [0.29, 0.717) is 9.90 Å². The molecule has 2 aromatic rings. The number of hydrogen-bond acceptors (Lipinski definition) is 3. The summed E-state index contributed by atoms with van der Waals surface area (Å²) in [5.74, 6) is 0. The molecule has 4 heteroatoms. The highest BCUT2D eigenvalue weighted by atomic mass is 35.5. The third-order valence-electron chi connectivity index (χ3n) is 2.05. The number of halogens is 1. The second-order valence-corrected chi connectivity index (χ2v) is 4.82. The van der Waals surface area contributed by atoms with Crippen molar-refractivity contribution in [1.29, 1.82) is 0 Å². The van der Waals surface area contributed by atoms with Crippen molar-refractivity contribution in [3.8, 4) is 11.3 Å². The second-order valence-electron chi connectivity index (χ2n) is 3.10. The van der Waals surface area contributed by atoms with E-state index in [1.54, 1.807) is 18.3 Å². The predicted octanol–water partition coefficient (Wildman–Crippen LogP) is 3.58. The lowest BCUT2D eigenvalue weighted by Crippen LogP contribution is -1.81. The zero-order valence-electron chi connectivity index (χ0n) is 8.03. The Morgan fingerprint density at radius 3 is 2.87 bits per heavy atom. The second kappa shape index (κ2) is 4.13. The van der Waals surface area contributed by atoms with Gasteiger partial charge >= 0.3 is 0 Å². The van der Waals surface area contributed by atoms with Crippen LogP contribution in [-0.4, -0.2) is 11.3 Å². The number of hydrogen-bond donors (Lipinski definition) is 0. The molecule has 0 spiro atoms. The lowest BCUT2D eigenvalue weighted by atomic mass is 10.1. The van der Waals surface area contributed by atoms with Crippen LogP contribution in [0.2, 0.25) is 5.02 Å². The largest absolute Gasteiger partial charge is 0.297 e. The van der Waals surface area contributed by atoms with Crippen LogP contribution < -0.4 is 0 Å².